The van der Waals surface area contributed by atoms with E-state index in [4.69, 9.17) is 18.0 Å². The van der Waals surface area contributed by atoms with Crippen LogP contribution < -0.4 is 10.6 Å². The topological polar surface area (TPSA) is 60.0 Å². The van der Waals surface area contributed by atoms with Crippen molar-refractivity contribution in [2.45, 2.75) is 13.5 Å². The monoisotopic (exact) mass is 261 g/mol. The average Bonchev–Trinajstić information content (AvgIpc) is 2.86. The zero-order valence-electron chi connectivity index (χ0n) is 10.4. The van der Waals surface area contributed by atoms with Crippen molar-refractivity contribution in [1.82, 2.24) is 15.0 Å². The number of hydrogen-bond donors (Lipinski definition) is 1. The maximum absolute atomic E-state index is 5.64. The van der Waals surface area contributed by atoms with Crippen molar-refractivity contribution in [3.8, 4) is 0 Å². The third-order valence-electron chi connectivity index (χ3n) is 2.76. The van der Waals surface area contributed by atoms with Crippen LogP contribution in [-0.2, 0) is 6.54 Å². The average molecular weight is 261 g/mol. The van der Waals surface area contributed by atoms with Gasteiger partial charge < -0.3 is 10.6 Å². The van der Waals surface area contributed by atoms with Crippen LogP contribution in [0.1, 0.15) is 12.5 Å². The number of thiocarbonyl (C=S) groups is 1. The van der Waals surface area contributed by atoms with E-state index in [1.165, 1.54) is 0 Å². The highest BCUT2D eigenvalue weighted by Crippen LogP contribution is 2.23. The Morgan fingerprint density at radius 3 is 2.94 bits per heavy atom. The van der Waals surface area contributed by atoms with Crippen LogP contribution >= 0.6 is 12.2 Å². The van der Waals surface area contributed by atoms with Gasteiger partial charge >= 0.3 is 0 Å². The molecular formula is C12H15N5S. The fourth-order valence-electron chi connectivity index (χ4n) is 1.74. The summed E-state index contributed by atoms with van der Waals surface area (Å²) in [5.41, 5.74) is 7.49. The van der Waals surface area contributed by atoms with E-state index in [1.807, 2.05) is 47.8 Å². The predicted octanol–water partition coefficient (Wildman–Crippen LogP) is 1.70. The van der Waals surface area contributed by atoms with Crippen molar-refractivity contribution in [3.05, 3.63) is 36.0 Å². The van der Waals surface area contributed by atoms with E-state index in [0.29, 0.717) is 4.99 Å². The Balaban J connectivity index is 2.37. The van der Waals surface area contributed by atoms with Crippen LogP contribution in [0.3, 0.4) is 0 Å². The van der Waals surface area contributed by atoms with E-state index in [1.54, 1.807) is 6.20 Å². The van der Waals surface area contributed by atoms with Crippen molar-refractivity contribution in [2.75, 3.05) is 11.9 Å². The van der Waals surface area contributed by atoms with E-state index in [-0.39, 0.29) is 0 Å². The van der Waals surface area contributed by atoms with Crippen molar-refractivity contribution >= 4 is 28.7 Å². The minimum atomic E-state index is 0.396. The molecule has 0 saturated heterocycles. The molecule has 0 aliphatic rings. The first kappa shape index (κ1) is 12.5. The minimum Gasteiger partial charge on any atom is -0.389 e. The Labute approximate surface area is 111 Å². The molecule has 2 rings (SSSR count). The van der Waals surface area contributed by atoms with E-state index < -0.39 is 0 Å². The second-order valence-electron chi connectivity index (χ2n) is 3.88. The molecule has 6 heteroatoms. The molecule has 0 aliphatic heterocycles. The fourth-order valence-corrected chi connectivity index (χ4v) is 1.86. The summed E-state index contributed by atoms with van der Waals surface area (Å²) in [5, 5.41) is 7.93. The molecule has 18 heavy (non-hydrogen) atoms. The molecule has 2 N–H and O–H groups in total. The van der Waals surface area contributed by atoms with Gasteiger partial charge in [-0.1, -0.05) is 29.6 Å². The highest BCUT2D eigenvalue weighted by Gasteiger charge is 2.10. The number of nitrogens with zero attached hydrogens (tertiary/aromatic N) is 4. The molecule has 0 amide bonds. The maximum atomic E-state index is 5.64. The van der Waals surface area contributed by atoms with Gasteiger partial charge in [0.2, 0.25) is 0 Å². The molecule has 1 heterocycles. The van der Waals surface area contributed by atoms with E-state index >= 15 is 0 Å². The lowest BCUT2D eigenvalue weighted by atomic mass is 10.2. The Hall–Kier alpha value is -1.95. The molecule has 0 aliphatic carbocycles. The quantitative estimate of drug-likeness (QED) is 0.849. The molecular weight excluding hydrogens is 246 g/mol. The summed E-state index contributed by atoms with van der Waals surface area (Å²) in [5.74, 6) is 0.928. The molecule has 0 fully saturated rings. The van der Waals surface area contributed by atoms with Crippen LogP contribution in [-0.4, -0.2) is 27.0 Å². The number of aryl methyl sites for hydroxylation is 1. The standard InChI is InChI=1S/C12H15N5S/c1-3-17-11(8-14-15-17)16(2)10-6-4-5-9(7-10)12(13)18/h4-8H,3H2,1-2H3,(H2,13,18). The highest BCUT2D eigenvalue weighted by atomic mass is 32.1. The molecule has 0 saturated carbocycles. The zero-order valence-corrected chi connectivity index (χ0v) is 11.2. The van der Waals surface area contributed by atoms with E-state index in [2.05, 4.69) is 10.3 Å². The summed E-state index contributed by atoms with van der Waals surface area (Å²) in [6, 6.07) is 7.78. The summed E-state index contributed by atoms with van der Waals surface area (Å²) in [6.07, 6.45) is 1.73. The first-order valence-electron chi connectivity index (χ1n) is 5.65. The number of aromatic nitrogens is 3. The first-order valence-corrected chi connectivity index (χ1v) is 6.06. The van der Waals surface area contributed by atoms with Gasteiger partial charge in [-0.3, -0.25) is 0 Å². The van der Waals surface area contributed by atoms with Gasteiger partial charge in [0, 0.05) is 24.8 Å². The summed E-state index contributed by atoms with van der Waals surface area (Å²) in [4.78, 5) is 2.40. The van der Waals surface area contributed by atoms with Crippen LogP contribution in [0.2, 0.25) is 0 Å². The predicted molar refractivity (Wildman–Crippen MR) is 76.1 cm³/mol. The molecule has 1 aromatic carbocycles. The van der Waals surface area contributed by atoms with Crippen LogP contribution in [0.15, 0.2) is 30.5 Å². The van der Waals surface area contributed by atoms with Gasteiger partial charge in [-0.15, -0.1) is 5.10 Å². The van der Waals surface area contributed by atoms with Gasteiger partial charge in [-0.25, -0.2) is 4.68 Å². The van der Waals surface area contributed by atoms with Gasteiger partial charge in [0.05, 0.1) is 6.20 Å². The van der Waals surface area contributed by atoms with Crippen LogP contribution in [0, 0.1) is 0 Å². The Morgan fingerprint density at radius 1 is 1.50 bits per heavy atom. The molecule has 0 bridgehead atoms. The number of rotatable bonds is 4. The summed E-state index contributed by atoms with van der Waals surface area (Å²) >= 11 is 4.99. The van der Waals surface area contributed by atoms with Gasteiger partial charge in [0.15, 0.2) is 5.82 Å². The molecule has 0 unspecified atom stereocenters. The molecule has 5 nitrogen and oxygen atoms in total. The van der Waals surface area contributed by atoms with Gasteiger partial charge in [0.1, 0.15) is 4.99 Å². The molecule has 94 valence electrons. The first-order chi connectivity index (χ1) is 8.63. The fraction of sp³-hybridized carbons (Fsp3) is 0.250. The van der Waals surface area contributed by atoms with Crippen LogP contribution in [0.25, 0.3) is 0 Å². The largest absolute Gasteiger partial charge is 0.389 e. The lowest BCUT2D eigenvalue weighted by Crippen LogP contribution is -2.16. The number of anilines is 2. The zero-order chi connectivity index (χ0) is 13.1. The Bertz CT molecular complexity index is 563. The third kappa shape index (κ3) is 2.33. The second-order valence-corrected chi connectivity index (χ2v) is 4.32. The van der Waals surface area contributed by atoms with Crippen LogP contribution in [0.4, 0.5) is 11.5 Å². The lowest BCUT2D eigenvalue weighted by molar-refractivity contribution is 0.626. The molecule has 1 aromatic heterocycles. The van der Waals surface area contributed by atoms with Gasteiger partial charge in [0.25, 0.3) is 0 Å². The Morgan fingerprint density at radius 2 is 2.28 bits per heavy atom. The summed E-state index contributed by atoms with van der Waals surface area (Å²) < 4.78 is 1.83. The summed E-state index contributed by atoms with van der Waals surface area (Å²) in [6.45, 7) is 2.80. The SMILES string of the molecule is CCn1nncc1N(C)c1cccc(C(N)=S)c1. The minimum absolute atomic E-state index is 0.396. The third-order valence-corrected chi connectivity index (χ3v) is 2.99. The number of hydrogen-bond acceptors (Lipinski definition) is 4. The lowest BCUT2D eigenvalue weighted by Gasteiger charge is -2.19. The molecule has 0 spiro atoms. The van der Waals surface area contributed by atoms with Crippen molar-refractivity contribution in [3.63, 3.8) is 0 Å². The van der Waals surface area contributed by atoms with E-state index in [0.717, 1.165) is 23.6 Å². The maximum Gasteiger partial charge on any atom is 0.151 e. The van der Waals surface area contributed by atoms with Gasteiger partial charge in [-0.05, 0) is 19.1 Å². The van der Waals surface area contributed by atoms with Gasteiger partial charge in [-0.2, -0.15) is 0 Å². The number of nitrogens with two attached hydrogens (primary N) is 1. The second kappa shape index (κ2) is 5.14. The van der Waals surface area contributed by atoms with Crippen LogP contribution in [0.5, 0.6) is 0 Å². The normalized spacial score (nSPS) is 10.3. The number of benzene rings is 1. The van der Waals surface area contributed by atoms with E-state index in [9.17, 15) is 0 Å². The highest BCUT2D eigenvalue weighted by molar-refractivity contribution is 7.80. The molecule has 0 atom stereocenters. The van der Waals surface area contributed by atoms with Crippen molar-refractivity contribution in [1.29, 1.82) is 0 Å². The smallest absolute Gasteiger partial charge is 0.151 e. The molecule has 0 radical (unpaired) electrons. The molecule has 2 aromatic rings. The Kier molecular flexibility index (Phi) is 3.57. The van der Waals surface area contributed by atoms with Crippen molar-refractivity contribution in [2.24, 2.45) is 5.73 Å². The summed E-state index contributed by atoms with van der Waals surface area (Å²) in [7, 11) is 1.96. The van der Waals surface area contributed by atoms with Crippen molar-refractivity contribution < 1.29 is 0 Å².